The molecule has 0 amide bonds. The Morgan fingerprint density at radius 2 is 2.17 bits per heavy atom. The third kappa shape index (κ3) is 4.69. The fourth-order valence-electron chi connectivity index (χ4n) is 0.480. The van der Waals surface area contributed by atoms with Gasteiger partial charge in [0, 0.05) is 0 Å². The average molecular weight is 169 g/mol. The molecular weight excluding hydrogens is 154 g/mol. The first kappa shape index (κ1) is 10.9. The van der Waals surface area contributed by atoms with Crippen molar-refractivity contribution in [2.45, 2.75) is 20.8 Å². The summed E-state index contributed by atoms with van der Waals surface area (Å²) in [4.78, 5) is 14.8. The third-order valence-electron chi connectivity index (χ3n) is 1.16. The number of carbonyl (C=O) groups excluding carboxylic acids is 1. The van der Waals surface area contributed by atoms with Gasteiger partial charge < -0.3 is 4.74 Å². The monoisotopic (exact) mass is 169 g/mol. The fourth-order valence-corrected chi connectivity index (χ4v) is 0.480. The van der Waals surface area contributed by atoms with Crippen molar-refractivity contribution >= 4 is 11.8 Å². The summed E-state index contributed by atoms with van der Waals surface area (Å²) in [7, 11) is 0. The first-order valence-electron chi connectivity index (χ1n) is 3.84. The molecule has 0 aliphatic carbocycles. The number of ether oxygens (including phenoxy) is 1. The molecule has 0 bridgehead atoms. The fraction of sp³-hybridized carbons (Fsp3) is 0.667. The summed E-state index contributed by atoms with van der Waals surface area (Å²) in [5.74, 6) is 2.16. The lowest BCUT2D eigenvalue weighted by Crippen LogP contribution is -2.23. The summed E-state index contributed by atoms with van der Waals surface area (Å²) in [5.41, 5.74) is -0.433. The highest BCUT2D eigenvalue weighted by Crippen LogP contribution is 2.14. The molecule has 0 radical (unpaired) electrons. The van der Waals surface area contributed by atoms with E-state index in [0.29, 0.717) is 13.2 Å². The van der Waals surface area contributed by atoms with Crippen molar-refractivity contribution in [3.05, 3.63) is 6.58 Å². The molecule has 0 spiro atoms. The zero-order chi connectivity index (χ0) is 9.61. The molecule has 0 atom stereocenters. The van der Waals surface area contributed by atoms with Gasteiger partial charge in [0.2, 0.25) is 0 Å². The van der Waals surface area contributed by atoms with E-state index < -0.39 is 5.41 Å². The molecule has 0 unspecified atom stereocenters. The number of aliphatic imine (C=N–C) groups is 1. The second kappa shape index (κ2) is 4.73. The molecule has 0 aromatic heterocycles. The van der Waals surface area contributed by atoms with Crippen LogP contribution in [-0.2, 0) is 9.53 Å². The summed E-state index contributed by atoms with van der Waals surface area (Å²) in [5, 5.41) is 0. The minimum absolute atomic E-state index is 0.207. The number of carbonyl (C=O) groups is 1. The Hall–Kier alpha value is -1.08. The van der Waals surface area contributed by atoms with E-state index in [9.17, 15) is 4.79 Å². The van der Waals surface area contributed by atoms with Crippen molar-refractivity contribution in [2.24, 2.45) is 10.4 Å². The lowest BCUT2D eigenvalue weighted by Gasteiger charge is -2.15. The molecule has 3 nitrogen and oxygen atoms in total. The van der Waals surface area contributed by atoms with E-state index in [2.05, 4.69) is 17.4 Å². The van der Waals surface area contributed by atoms with Gasteiger partial charge in [-0.2, -0.15) is 0 Å². The van der Waals surface area contributed by atoms with E-state index >= 15 is 0 Å². The smallest absolute Gasteiger partial charge is 0.311 e. The molecule has 0 rings (SSSR count). The van der Waals surface area contributed by atoms with Crippen LogP contribution in [0.15, 0.2) is 11.6 Å². The van der Waals surface area contributed by atoms with E-state index in [1.165, 1.54) is 0 Å². The lowest BCUT2D eigenvalue weighted by molar-refractivity contribution is -0.152. The van der Waals surface area contributed by atoms with Gasteiger partial charge in [0.1, 0.15) is 6.61 Å². The van der Waals surface area contributed by atoms with Crippen LogP contribution in [0.4, 0.5) is 0 Å². The number of hydrogen-bond acceptors (Lipinski definition) is 3. The molecule has 0 heterocycles. The highest BCUT2D eigenvalue weighted by molar-refractivity contribution is 5.75. The molecule has 0 saturated carbocycles. The van der Waals surface area contributed by atoms with Gasteiger partial charge in [-0.15, -0.1) is 0 Å². The Balaban J connectivity index is 3.65. The maximum atomic E-state index is 11.1. The van der Waals surface area contributed by atoms with E-state index in [1.807, 2.05) is 20.8 Å². The Bertz CT molecular complexity index is 197. The predicted molar refractivity (Wildman–Crippen MR) is 48.3 cm³/mol. The van der Waals surface area contributed by atoms with Crippen LogP contribution in [0.2, 0.25) is 0 Å². The van der Waals surface area contributed by atoms with Gasteiger partial charge in [0.25, 0.3) is 0 Å². The molecule has 12 heavy (non-hydrogen) atoms. The molecule has 3 heteroatoms. The predicted octanol–water partition coefficient (Wildman–Crippen LogP) is 1.43. The standard InChI is InChI=1S/C9H15NO2/c1-5-10-6-7-12-8(11)9(2,3)4/h1,6-7H2,2-4H3. The minimum atomic E-state index is -0.433. The van der Waals surface area contributed by atoms with E-state index in [4.69, 9.17) is 4.74 Å². The zero-order valence-electron chi connectivity index (χ0n) is 7.89. The Morgan fingerprint density at radius 3 is 2.58 bits per heavy atom. The van der Waals surface area contributed by atoms with E-state index in [0.717, 1.165) is 0 Å². The summed E-state index contributed by atoms with van der Waals surface area (Å²) in [6.07, 6.45) is 0. The van der Waals surface area contributed by atoms with Crippen LogP contribution >= 0.6 is 0 Å². The molecule has 68 valence electrons. The van der Waals surface area contributed by atoms with Crippen LogP contribution < -0.4 is 0 Å². The van der Waals surface area contributed by atoms with Gasteiger partial charge in [0.05, 0.1) is 12.0 Å². The summed E-state index contributed by atoms with van der Waals surface area (Å²) >= 11 is 0. The van der Waals surface area contributed by atoms with Crippen LogP contribution in [0.1, 0.15) is 20.8 Å². The maximum absolute atomic E-state index is 11.1. The number of rotatable bonds is 3. The van der Waals surface area contributed by atoms with Crippen molar-refractivity contribution in [2.75, 3.05) is 13.2 Å². The number of esters is 1. The maximum Gasteiger partial charge on any atom is 0.311 e. The van der Waals surface area contributed by atoms with Gasteiger partial charge in [-0.3, -0.25) is 4.79 Å². The number of nitrogens with zero attached hydrogens (tertiary/aromatic N) is 1. The topological polar surface area (TPSA) is 38.7 Å². The van der Waals surface area contributed by atoms with E-state index in [-0.39, 0.29) is 5.97 Å². The third-order valence-corrected chi connectivity index (χ3v) is 1.16. The minimum Gasteiger partial charge on any atom is -0.463 e. The molecule has 0 aromatic carbocycles. The second-order valence-corrected chi connectivity index (χ2v) is 3.43. The quantitative estimate of drug-likeness (QED) is 0.364. The first-order chi connectivity index (χ1) is 5.48. The van der Waals surface area contributed by atoms with Crippen molar-refractivity contribution < 1.29 is 9.53 Å². The highest BCUT2D eigenvalue weighted by Gasteiger charge is 2.22. The van der Waals surface area contributed by atoms with Crippen LogP contribution in [0.3, 0.4) is 0 Å². The largest absolute Gasteiger partial charge is 0.463 e. The number of hydrogen-bond donors (Lipinski definition) is 0. The zero-order valence-corrected chi connectivity index (χ0v) is 7.89. The Labute approximate surface area is 73.1 Å². The second-order valence-electron chi connectivity index (χ2n) is 3.43. The van der Waals surface area contributed by atoms with Crippen LogP contribution in [0.25, 0.3) is 0 Å². The van der Waals surface area contributed by atoms with Crippen molar-refractivity contribution in [1.29, 1.82) is 0 Å². The van der Waals surface area contributed by atoms with Crippen molar-refractivity contribution in [3.8, 4) is 0 Å². The molecular formula is C9H15NO2. The van der Waals surface area contributed by atoms with Gasteiger partial charge in [-0.05, 0) is 33.2 Å². The molecule has 0 saturated heterocycles. The van der Waals surface area contributed by atoms with Crippen LogP contribution in [-0.4, -0.2) is 25.0 Å². The Kier molecular flexibility index (Phi) is 4.30. The summed E-state index contributed by atoms with van der Waals surface area (Å²) in [6, 6.07) is 0. The first-order valence-corrected chi connectivity index (χ1v) is 3.84. The SMILES string of the molecule is C=C=NCCOC(=O)C(C)(C)C. The average Bonchev–Trinajstić information content (AvgIpc) is 1.96. The highest BCUT2D eigenvalue weighted by atomic mass is 16.5. The lowest BCUT2D eigenvalue weighted by atomic mass is 9.97. The molecule has 0 aromatic rings. The summed E-state index contributed by atoms with van der Waals surface area (Å²) in [6.45, 7) is 9.47. The van der Waals surface area contributed by atoms with Gasteiger partial charge in [-0.1, -0.05) is 0 Å². The molecule has 0 aliphatic rings. The van der Waals surface area contributed by atoms with Gasteiger partial charge >= 0.3 is 5.97 Å². The summed E-state index contributed by atoms with van der Waals surface area (Å²) < 4.78 is 4.91. The van der Waals surface area contributed by atoms with Crippen molar-refractivity contribution in [3.63, 3.8) is 0 Å². The van der Waals surface area contributed by atoms with Crippen LogP contribution in [0, 0.1) is 5.41 Å². The molecule has 0 N–H and O–H groups in total. The van der Waals surface area contributed by atoms with E-state index in [1.54, 1.807) is 0 Å². The van der Waals surface area contributed by atoms with Gasteiger partial charge in [0.15, 0.2) is 0 Å². The van der Waals surface area contributed by atoms with Gasteiger partial charge in [-0.25, -0.2) is 4.99 Å². The van der Waals surface area contributed by atoms with Crippen molar-refractivity contribution in [1.82, 2.24) is 0 Å². The normalized spacial score (nSPS) is 10.2. The molecule has 0 aliphatic heterocycles. The Morgan fingerprint density at radius 1 is 1.58 bits per heavy atom. The van der Waals surface area contributed by atoms with Crippen LogP contribution in [0.5, 0.6) is 0 Å². The molecule has 0 fully saturated rings.